The average molecular weight is 375 g/mol. The van der Waals surface area contributed by atoms with Crippen LogP contribution < -0.4 is 10.2 Å². The van der Waals surface area contributed by atoms with Crippen molar-refractivity contribution in [2.24, 2.45) is 0 Å². The van der Waals surface area contributed by atoms with Gasteiger partial charge in [0.2, 0.25) is 0 Å². The Morgan fingerprint density at radius 3 is 2.36 bits per heavy atom. The first-order valence-electron chi connectivity index (χ1n) is 9.87. The molecular weight excluding hydrogens is 350 g/mol. The third-order valence-electron chi connectivity index (χ3n) is 5.13. The second kappa shape index (κ2) is 7.84. The molecule has 6 nitrogen and oxygen atoms in total. The van der Waals surface area contributed by atoms with E-state index in [4.69, 9.17) is 0 Å². The number of nitrogens with one attached hydrogen (secondary N) is 2. The number of aromatic nitrogens is 3. The summed E-state index contributed by atoms with van der Waals surface area (Å²) in [6, 6.07) is 15.3. The quantitative estimate of drug-likeness (QED) is 0.640. The highest BCUT2D eigenvalue weighted by Gasteiger charge is 2.27. The molecule has 1 fully saturated rings. The maximum atomic E-state index is 12.5. The predicted octanol–water partition coefficient (Wildman–Crippen LogP) is 4.45. The largest absolute Gasteiger partial charge is 0.372 e. The molecule has 28 heavy (non-hydrogen) atoms. The number of hydrogen-bond donors (Lipinski definition) is 2. The zero-order valence-corrected chi connectivity index (χ0v) is 16.3. The number of benzene rings is 2. The van der Waals surface area contributed by atoms with Gasteiger partial charge < -0.3 is 10.2 Å². The van der Waals surface area contributed by atoms with Crippen LogP contribution in [0.25, 0.3) is 11.4 Å². The van der Waals surface area contributed by atoms with E-state index in [2.05, 4.69) is 39.2 Å². The molecule has 1 aliphatic carbocycles. The fourth-order valence-electron chi connectivity index (χ4n) is 3.26. The van der Waals surface area contributed by atoms with Gasteiger partial charge in [0.05, 0.1) is 0 Å². The van der Waals surface area contributed by atoms with Gasteiger partial charge >= 0.3 is 0 Å². The van der Waals surface area contributed by atoms with Crippen molar-refractivity contribution < 1.29 is 4.79 Å². The number of hydrogen-bond acceptors (Lipinski definition) is 4. The molecule has 0 bridgehead atoms. The minimum Gasteiger partial charge on any atom is -0.372 e. The summed E-state index contributed by atoms with van der Waals surface area (Å²) >= 11 is 0. The van der Waals surface area contributed by atoms with E-state index in [1.807, 2.05) is 48.5 Å². The molecule has 0 spiro atoms. The molecule has 3 aromatic rings. The summed E-state index contributed by atoms with van der Waals surface area (Å²) in [7, 11) is 0. The Morgan fingerprint density at radius 2 is 1.75 bits per heavy atom. The molecule has 1 aromatic heterocycles. The first-order valence-corrected chi connectivity index (χ1v) is 9.87. The molecule has 0 aliphatic heterocycles. The normalized spacial score (nSPS) is 13.4. The van der Waals surface area contributed by atoms with Crippen LogP contribution in [0.3, 0.4) is 0 Å². The number of nitrogens with zero attached hydrogens (tertiary/aromatic N) is 3. The van der Waals surface area contributed by atoms with Crippen molar-refractivity contribution in [1.29, 1.82) is 0 Å². The van der Waals surface area contributed by atoms with Gasteiger partial charge in [0.25, 0.3) is 5.91 Å². The minimum absolute atomic E-state index is 0.118. The number of aromatic amines is 1. The zero-order valence-electron chi connectivity index (χ0n) is 16.3. The van der Waals surface area contributed by atoms with Gasteiger partial charge in [0, 0.05) is 41.5 Å². The van der Waals surface area contributed by atoms with Crippen molar-refractivity contribution in [3.05, 3.63) is 59.9 Å². The average Bonchev–Trinajstić information content (AvgIpc) is 3.47. The van der Waals surface area contributed by atoms with Gasteiger partial charge in [0.15, 0.2) is 5.82 Å². The van der Waals surface area contributed by atoms with Crippen LogP contribution >= 0.6 is 0 Å². The number of anilines is 2. The Kier molecular flexibility index (Phi) is 5.10. The molecule has 1 aliphatic rings. The van der Waals surface area contributed by atoms with Gasteiger partial charge in [-0.1, -0.05) is 0 Å². The Morgan fingerprint density at radius 1 is 1.07 bits per heavy atom. The fraction of sp³-hybridized carbons (Fsp3) is 0.318. The van der Waals surface area contributed by atoms with Crippen LogP contribution in [0.4, 0.5) is 11.4 Å². The van der Waals surface area contributed by atoms with Gasteiger partial charge in [-0.15, -0.1) is 0 Å². The van der Waals surface area contributed by atoms with E-state index < -0.39 is 0 Å². The van der Waals surface area contributed by atoms with Crippen molar-refractivity contribution >= 4 is 17.3 Å². The van der Waals surface area contributed by atoms with E-state index in [0.29, 0.717) is 17.3 Å². The van der Waals surface area contributed by atoms with Crippen molar-refractivity contribution in [3.63, 3.8) is 0 Å². The maximum absolute atomic E-state index is 12.5. The molecule has 0 unspecified atom stereocenters. The summed E-state index contributed by atoms with van der Waals surface area (Å²) in [5.41, 5.74) is 3.45. The van der Waals surface area contributed by atoms with Gasteiger partial charge in [-0.2, -0.15) is 5.10 Å². The molecule has 6 heteroatoms. The molecule has 2 N–H and O–H groups in total. The van der Waals surface area contributed by atoms with E-state index in [0.717, 1.165) is 35.9 Å². The summed E-state index contributed by atoms with van der Waals surface area (Å²) in [6.45, 7) is 6.14. The molecule has 1 amide bonds. The standard InChI is InChI=1S/C22H25N5O/c1-3-27(4-2)19-13-9-17(10-14-19)22(28)23-18-11-7-16(8-12-18)21-24-20(25-26-21)15-5-6-15/h7-15H,3-6H2,1-2H3,(H,23,28)(H,24,25,26). The molecule has 0 radical (unpaired) electrons. The Labute approximate surface area is 165 Å². The Hall–Kier alpha value is -3.15. The number of rotatable bonds is 7. The van der Waals surface area contributed by atoms with E-state index in [1.165, 1.54) is 12.8 Å². The number of carbonyl (C=O) groups is 1. The lowest BCUT2D eigenvalue weighted by molar-refractivity contribution is 0.102. The first-order chi connectivity index (χ1) is 13.7. The third kappa shape index (κ3) is 3.91. The fourth-order valence-corrected chi connectivity index (χ4v) is 3.26. The molecule has 1 heterocycles. The lowest BCUT2D eigenvalue weighted by Gasteiger charge is -2.21. The van der Waals surface area contributed by atoms with E-state index in [1.54, 1.807) is 0 Å². The number of amides is 1. The third-order valence-corrected chi connectivity index (χ3v) is 5.13. The SMILES string of the molecule is CCN(CC)c1ccc(C(=O)Nc2ccc(-c3n[nH]c(C4CC4)n3)cc2)cc1. The summed E-state index contributed by atoms with van der Waals surface area (Å²) in [6.07, 6.45) is 2.38. The lowest BCUT2D eigenvalue weighted by atomic mass is 10.1. The van der Waals surface area contributed by atoms with Crippen LogP contribution in [0.5, 0.6) is 0 Å². The molecule has 2 aromatic carbocycles. The van der Waals surface area contributed by atoms with Crippen molar-refractivity contribution in [2.45, 2.75) is 32.6 Å². The monoisotopic (exact) mass is 375 g/mol. The number of carbonyl (C=O) groups excluding carboxylic acids is 1. The molecule has 1 saturated carbocycles. The van der Waals surface area contributed by atoms with Gasteiger partial charge in [-0.05, 0) is 75.2 Å². The van der Waals surface area contributed by atoms with Crippen LogP contribution in [0, 0.1) is 0 Å². The lowest BCUT2D eigenvalue weighted by Crippen LogP contribution is -2.21. The highest BCUT2D eigenvalue weighted by atomic mass is 16.1. The van der Waals surface area contributed by atoms with Crippen LogP contribution in [0.15, 0.2) is 48.5 Å². The summed E-state index contributed by atoms with van der Waals surface area (Å²) in [5, 5.41) is 10.3. The van der Waals surface area contributed by atoms with Crippen molar-refractivity contribution in [2.75, 3.05) is 23.3 Å². The summed E-state index contributed by atoms with van der Waals surface area (Å²) in [5.74, 6) is 2.10. The van der Waals surface area contributed by atoms with Gasteiger partial charge in [0.1, 0.15) is 5.82 Å². The van der Waals surface area contributed by atoms with Crippen LogP contribution in [-0.4, -0.2) is 34.2 Å². The van der Waals surface area contributed by atoms with Crippen LogP contribution in [-0.2, 0) is 0 Å². The predicted molar refractivity (Wildman–Crippen MR) is 112 cm³/mol. The van der Waals surface area contributed by atoms with Gasteiger partial charge in [-0.3, -0.25) is 9.89 Å². The smallest absolute Gasteiger partial charge is 0.255 e. The molecule has 0 saturated heterocycles. The van der Waals surface area contributed by atoms with E-state index in [-0.39, 0.29) is 5.91 Å². The highest BCUT2D eigenvalue weighted by Crippen LogP contribution is 2.38. The molecule has 0 atom stereocenters. The summed E-state index contributed by atoms with van der Waals surface area (Å²) in [4.78, 5) is 19.3. The van der Waals surface area contributed by atoms with Crippen LogP contribution in [0.2, 0.25) is 0 Å². The second-order valence-electron chi connectivity index (χ2n) is 7.07. The van der Waals surface area contributed by atoms with Crippen LogP contribution in [0.1, 0.15) is 48.8 Å². The highest BCUT2D eigenvalue weighted by molar-refractivity contribution is 6.04. The molecule has 4 rings (SSSR count). The topological polar surface area (TPSA) is 73.9 Å². The van der Waals surface area contributed by atoms with E-state index in [9.17, 15) is 4.79 Å². The second-order valence-corrected chi connectivity index (χ2v) is 7.07. The number of H-pyrrole nitrogens is 1. The van der Waals surface area contributed by atoms with E-state index >= 15 is 0 Å². The first kappa shape index (κ1) is 18.2. The molecule has 144 valence electrons. The molecular formula is C22H25N5O. The maximum Gasteiger partial charge on any atom is 0.255 e. The zero-order chi connectivity index (χ0) is 19.5. The summed E-state index contributed by atoms with van der Waals surface area (Å²) < 4.78 is 0. The van der Waals surface area contributed by atoms with Gasteiger partial charge in [-0.25, -0.2) is 4.98 Å². The Bertz CT molecular complexity index is 938. The Balaban J connectivity index is 1.41. The van der Waals surface area contributed by atoms with Crippen molar-refractivity contribution in [1.82, 2.24) is 15.2 Å². The van der Waals surface area contributed by atoms with Crippen molar-refractivity contribution in [3.8, 4) is 11.4 Å². The minimum atomic E-state index is -0.118.